The Morgan fingerprint density at radius 1 is 1.33 bits per heavy atom. The van der Waals surface area contributed by atoms with Gasteiger partial charge in [-0.1, -0.05) is 41.8 Å². The summed E-state index contributed by atoms with van der Waals surface area (Å²) in [6.07, 6.45) is 9.50. The maximum absolute atomic E-state index is 3.40. The highest BCUT2D eigenvalue weighted by atomic mass is 32.2. The molecule has 3 rings (SSSR count). The standard InChI is InChI=1S/C17H19N3S/c1-18-13-7-10-17(19-2,11-8-13)12-9-16-20-14-5-3-4-6-15(14)21-16/h3-8,10,12,18-20H,11H2,1-2H3. The third-order valence-corrected chi connectivity index (χ3v) is 4.78. The number of fused-ring (bicyclic) bond motifs is 1. The largest absolute Gasteiger partial charge is 0.388 e. The van der Waals surface area contributed by atoms with Gasteiger partial charge in [-0.05, 0) is 37.8 Å². The normalized spacial score (nSPS) is 23.0. The molecule has 0 saturated heterocycles. The zero-order valence-corrected chi connectivity index (χ0v) is 13.1. The van der Waals surface area contributed by atoms with Crippen LogP contribution < -0.4 is 16.0 Å². The molecule has 0 aromatic heterocycles. The molecule has 0 saturated carbocycles. The van der Waals surface area contributed by atoms with Crippen LogP contribution in [0, 0.1) is 0 Å². The van der Waals surface area contributed by atoms with Crippen LogP contribution in [0.2, 0.25) is 0 Å². The molecule has 108 valence electrons. The molecular formula is C17H19N3S. The second kappa shape index (κ2) is 5.86. The van der Waals surface area contributed by atoms with Crippen LogP contribution in [0.4, 0.5) is 5.69 Å². The fourth-order valence-corrected chi connectivity index (χ4v) is 3.25. The summed E-state index contributed by atoms with van der Waals surface area (Å²) in [5, 5.41) is 11.0. The average Bonchev–Trinajstić information content (AvgIpc) is 2.96. The summed E-state index contributed by atoms with van der Waals surface area (Å²) < 4.78 is 0. The first-order chi connectivity index (χ1) is 10.2. The van der Waals surface area contributed by atoms with Crippen LogP contribution in [0.5, 0.6) is 0 Å². The molecule has 1 aliphatic heterocycles. The zero-order valence-electron chi connectivity index (χ0n) is 12.2. The number of para-hydroxylation sites is 1. The Hall–Kier alpha value is -1.87. The van der Waals surface area contributed by atoms with Crippen molar-refractivity contribution >= 4 is 17.4 Å². The summed E-state index contributed by atoms with van der Waals surface area (Å²) in [4.78, 5) is 1.25. The Balaban J connectivity index is 1.81. The maximum atomic E-state index is 3.40. The molecule has 3 nitrogen and oxygen atoms in total. The first-order valence-electron chi connectivity index (χ1n) is 7.02. The highest BCUT2D eigenvalue weighted by molar-refractivity contribution is 8.03. The van der Waals surface area contributed by atoms with Crippen molar-refractivity contribution in [3.63, 3.8) is 0 Å². The molecule has 0 fully saturated rings. The zero-order chi connectivity index (χ0) is 14.7. The minimum Gasteiger partial charge on any atom is -0.388 e. The Morgan fingerprint density at radius 2 is 2.19 bits per heavy atom. The number of likely N-dealkylation sites (N-methyl/N-ethyl adjacent to an activating group) is 2. The van der Waals surface area contributed by atoms with E-state index < -0.39 is 0 Å². The van der Waals surface area contributed by atoms with E-state index in [1.165, 1.54) is 4.90 Å². The highest BCUT2D eigenvalue weighted by Gasteiger charge is 2.23. The third-order valence-electron chi connectivity index (χ3n) is 3.78. The molecule has 0 spiro atoms. The molecule has 0 amide bonds. The quantitative estimate of drug-likeness (QED) is 0.749. The first-order valence-corrected chi connectivity index (χ1v) is 7.84. The van der Waals surface area contributed by atoms with E-state index >= 15 is 0 Å². The van der Waals surface area contributed by atoms with Gasteiger partial charge in [-0.3, -0.25) is 0 Å². The van der Waals surface area contributed by atoms with Gasteiger partial charge in [0.2, 0.25) is 0 Å². The van der Waals surface area contributed by atoms with Gasteiger partial charge in [0.1, 0.15) is 5.03 Å². The molecule has 1 unspecified atom stereocenters. The molecule has 0 radical (unpaired) electrons. The van der Waals surface area contributed by atoms with E-state index in [2.05, 4.69) is 64.2 Å². The van der Waals surface area contributed by atoms with Gasteiger partial charge in [-0.25, -0.2) is 0 Å². The van der Waals surface area contributed by atoms with Gasteiger partial charge in [0, 0.05) is 17.6 Å². The van der Waals surface area contributed by atoms with Gasteiger partial charge in [-0.15, -0.1) is 0 Å². The van der Waals surface area contributed by atoms with E-state index in [9.17, 15) is 0 Å². The number of hydrogen-bond acceptors (Lipinski definition) is 4. The molecule has 21 heavy (non-hydrogen) atoms. The fourth-order valence-electron chi connectivity index (χ4n) is 2.38. The molecule has 4 heteroatoms. The van der Waals surface area contributed by atoms with Crippen molar-refractivity contribution in [2.45, 2.75) is 16.9 Å². The van der Waals surface area contributed by atoms with E-state index in [1.807, 2.05) is 20.2 Å². The lowest BCUT2D eigenvalue weighted by Gasteiger charge is -2.28. The van der Waals surface area contributed by atoms with Crippen molar-refractivity contribution in [2.75, 3.05) is 19.4 Å². The van der Waals surface area contributed by atoms with Gasteiger partial charge < -0.3 is 16.0 Å². The molecule has 1 heterocycles. The molecule has 2 aliphatic rings. The summed E-state index contributed by atoms with van der Waals surface area (Å²) in [5.74, 6) is 0. The minimum atomic E-state index is -0.162. The fraction of sp³-hybridized carbons (Fsp3) is 0.235. The Kier molecular flexibility index (Phi) is 3.93. The van der Waals surface area contributed by atoms with Crippen molar-refractivity contribution in [3.8, 4) is 0 Å². The number of rotatable bonds is 3. The Bertz CT molecular complexity index is 641. The lowest BCUT2D eigenvalue weighted by Crippen LogP contribution is -2.39. The molecular weight excluding hydrogens is 278 g/mol. The molecule has 1 aromatic carbocycles. The van der Waals surface area contributed by atoms with E-state index in [4.69, 9.17) is 0 Å². The average molecular weight is 297 g/mol. The van der Waals surface area contributed by atoms with Crippen molar-refractivity contribution in [2.24, 2.45) is 0 Å². The Labute approximate surface area is 129 Å². The third kappa shape index (κ3) is 2.93. The maximum Gasteiger partial charge on any atom is 0.121 e. The number of anilines is 1. The molecule has 3 N–H and O–H groups in total. The Morgan fingerprint density at radius 3 is 2.86 bits per heavy atom. The van der Waals surface area contributed by atoms with E-state index in [0.29, 0.717) is 0 Å². The van der Waals surface area contributed by atoms with Crippen LogP contribution in [0.15, 0.2) is 69.9 Å². The smallest absolute Gasteiger partial charge is 0.121 e. The number of allylic oxidation sites excluding steroid dienone is 1. The summed E-state index contributed by atoms with van der Waals surface area (Å²) in [6, 6.07) is 8.32. The van der Waals surface area contributed by atoms with Crippen LogP contribution in [-0.4, -0.2) is 19.6 Å². The predicted molar refractivity (Wildman–Crippen MR) is 90.2 cm³/mol. The number of nitrogens with one attached hydrogen (secondary N) is 3. The first kappa shape index (κ1) is 14.1. The van der Waals surface area contributed by atoms with Gasteiger partial charge >= 0.3 is 0 Å². The lowest BCUT2D eigenvalue weighted by molar-refractivity contribution is 0.534. The highest BCUT2D eigenvalue weighted by Crippen LogP contribution is 2.40. The molecule has 1 aromatic rings. The van der Waals surface area contributed by atoms with E-state index in [-0.39, 0.29) is 5.54 Å². The monoisotopic (exact) mass is 297 g/mol. The summed E-state index contributed by atoms with van der Waals surface area (Å²) >= 11 is 1.72. The minimum absolute atomic E-state index is 0.162. The predicted octanol–water partition coefficient (Wildman–Crippen LogP) is 3.22. The summed E-state index contributed by atoms with van der Waals surface area (Å²) in [7, 11) is 3.92. The lowest BCUT2D eigenvalue weighted by atomic mass is 9.90. The van der Waals surface area contributed by atoms with Crippen molar-refractivity contribution < 1.29 is 0 Å². The van der Waals surface area contributed by atoms with Crippen LogP contribution in [-0.2, 0) is 0 Å². The second-order valence-corrected chi connectivity index (χ2v) is 6.13. The van der Waals surface area contributed by atoms with Crippen molar-refractivity contribution in [1.82, 2.24) is 10.6 Å². The summed E-state index contributed by atoms with van der Waals surface area (Å²) in [6.45, 7) is 0. The number of benzene rings is 1. The topological polar surface area (TPSA) is 36.1 Å². The van der Waals surface area contributed by atoms with Crippen LogP contribution >= 0.6 is 11.8 Å². The van der Waals surface area contributed by atoms with Gasteiger partial charge in [0.05, 0.1) is 11.2 Å². The summed E-state index contributed by atoms with van der Waals surface area (Å²) in [5.41, 5.74) is 5.56. The van der Waals surface area contributed by atoms with Crippen molar-refractivity contribution in [1.29, 1.82) is 0 Å². The van der Waals surface area contributed by atoms with Crippen molar-refractivity contribution in [3.05, 3.63) is 65.0 Å². The van der Waals surface area contributed by atoms with E-state index in [0.717, 1.165) is 22.8 Å². The van der Waals surface area contributed by atoms with Gasteiger partial charge in [0.15, 0.2) is 0 Å². The van der Waals surface area contributed by atoms with Crippen LogP contribution in [0.25, 0.3) is 0 Å². The molecule has 0 bridgehead atoms. The number of hydrogen-bond donors (Lipinski definition) is 3. The molecule has 1 aliphatic carbocycles. The van der Waals surface area contributed by atoms with E-state index in [1.54, 1.807) is 11.8 Å². The SMILES string of the molecule is CNC1=CCC(C=C=C2Nc3ccccc3S2)(NC)C=C1. The number of thioether (sulfide) groups is 1. The van der Waals surface area contributed by atoms with Crippen LogP contribution in [0.1, 0.15) is 6.42 Å². The van der Waals surface area contributed by atoms with Crippen LogP contribution in [0.3, 0.4) is 0 Å². The molecule has 1 atom stereocenters. The van der Waals surface area contributed by atoms with Gasteiger partial charge in [-0.2, -0.15) is 0 Å². The van der Waals surface area contributed by atoms with Gasteiger partial charge in [0.25, 0.3) is 0 Å². The second-order valence-electron chi connectivity index (χ2n) is 5.08.